The summed E-state index contributed by atoms with van der Waals surface area (Å²) in [5, 5.41) is 15.1. The van der Waals surface area contributed by atoms with Crippen molar-refractivity contribution in [1.82, 2.24) is 24.8 Å². The quantitative estimate of drug-likeness (QED) is 0.544. The molecule has 0 saturated carbocycles. The third kappa shape index (κ3) is 3.64. The number of amides is 1. The van der Waals surface area contributed by atoms with Gasteiger partial charge in [-0.1, -0.05) is 12.1 Å². The van der Waals surface area contributed by atoms with Gasteiger partial charge in [-0.25, -0.2) is 9.78 Å². The first-order valence-electron chi connectivity index (χ1n) is 8.41. The van der Waals surface area contributed by atoms with Gasteiger partial charge in [0.2, 0.25) is 5.91 Å². The Morgan fingerprint density at radius 1 is 1.14 bits per heavy atom. The number of aryl methyl sites for hydroxylation is 2. The fraction of sp³-hybridized carbons (Fsp3) is 0.167. The van der Waals surface area contributed by atoms with Crippen molar-refractivity contribution in [3.05, 3.63) is 62.7 Å². The minimum Gasteiger partial charge on any atom is -0.300 e. The van der Waals surface area contributed by atoms with Gasteiger partial charge in [-0.15, -0.1) is 22.7 Å². The number of carbonyl (C=O) groups is 1. The van der Waals surface area contributed by atoms with Crippen molar-refractivity contribution in [2.24, 2.45) is 0 Å². The molecule has 8 nitrogen and oxygen atoms in total. The summed E-state index contributed by atoms with van der Waals surface area (Å²) in [5.74, 6) is -0.388. The first kappa shape index (κ1) is 18.3. The number of hydrogen-bond acceptors (Lipinski definition) is 7. The number of nitrogens with one attached hydrogen (secondary N) is 1. The summed E-state index contributed by atoms with van der Waals surface area (Å²) >= 11 is 2.70. The minimum absolute atomic E-state index is 0.233. The second-order valence-electron chi connectivity index (χ2n) is 6.17. The third-order valence-electron chi connectivity index (χ3n) is 4.20. The molecule has 0 aliphatic heterocycles. The van der Waals surface area contributed by atoms with Crippen molar-refractivity contribution >= 4 is 33.7 Å². The van der Waals surface area contributed by atoms with E-state index in [1.807, 2.05) is 29.0 Å². The van der Waals surface area contributed by atoms with Gasteiger partial charge in [-0.2, -0.15) is 9.36 Å². The number of thiophene rings is 1. The summed E-state index contributed by atoms with van der Waals surface area (Å²) in [6, 6.07) is 9.69. The molecule has 0 radical (unpaired) electrons. The SMILES string of the molecule is Cc1ccc(-c2csc(NC(=O)Cn3nnn(-c4cccs4)c3=O)n2)cc1C. The average molecular weight is 413 g/mol. The largest absolute Gasteiger partial charge is 0.369 e. The molecule has 1 N–H and O–H groups in total. The fourth-order valence-electron chi connectivity index (χ4n) is 2.56. The van der Waals surface area contributed by atoms with Crippen molar-refractivity contribution in [2.45, 2.75) is 20.4 Å². The number of anilines is 1. The summed E-state index contributed by atoms with van der Waals surface area (Å²) in [4.78, 5) is 29.1. The molecule has 0 saturated heterocycles. The molecule has 4 aromatic rings. The molecule has 0 atom stereocenters. The summed E-state index contributed by atoms with van der Waals surface area (Å²) in [5.41, 5.74) is 3.73. The molecule has 1 amide bonds. The average Bonchev–Trinajstić information content (AvgIpc) is 3.40. The minimum atomic E-state index is -0.465. The molecule has 4 rings (SSSR count). The van der Waals surface area contributed by atoms with Gasteiger partial charge >= 0.3 is 5.69 Å². The molecule has 1 aromatic carbocycles. The number of thiazole rings is 1. The van der Waals surface area contributed by atoms with E-state index < -0.39 is 5.69 Å². The van der Waals surface area contributed by atoms with E-state index in [0.29, 0.717) is 10.1 Å². The zero-order valence-electron chi connectivity index (χ0n) is 15.1. The zero-order valence-corrected chi connectivity index (χ0v) is 16.8. The van der Waals surface area contributed by atoms with Gasteiger partial charge in [-0.05, 0) is 59.0 Å². The van der Waals surface area contributed by atoms with Crippen LogP contribution in [0.5, 0.6) is 0 Å². The highest BCUT2D eigenvalue weighted by Gasteiger charge is 2.14. The van der Waals surface area contributed by atoms with Crippen LogP contribution in [-0.4, -0.2) is 30.7 Å². The highest BCUT2D eigenvalue weighted by molar-refractivity contribution is 7.14. The van der Waals surface area contributed by atoms with Gasteiger partial charge < -0.3 is 5.32 Å². The lowest BCUT2D eigenvalue weighted by Gasteiger charge is -2.03. The van der Waals surface area contributed by atoms with Crippen LogP contribution in [-0.2, 0) is 11.3 Å². The molecule has 3 heterocycles. The van der Waals surface area contributed by atoms with Gasteiger partial charge in [0.25, 0.3) is 0 Å². The zero-order chi connectivity index (χ0) is 19.7. The summed E-state index contributed by atoms with van der Waals surface area (Å²) in [7, 11) is 0. The molecule has 0 aliphatic rings. The maximum Gasteiger partial charge on any atom is 0.369 e. The molecule has 142 valence electrons. The maximum atomic E-state index is 12.3. The molecule has 0 aliphatic carbocycles. The fourth-order valence-corrected chi connectivity index (χ4v) is 3.97. The normalized spacial score (nSPS) is 10.9. The summed E-state index contributed by atoms with van der Waals surface area (Å²) in [6.07, 6.45) is 0. The first-order valence-corrected chi connectivity index (χ1v) is 10.2. The lowest BCUT2D eigenvalue weighted by molar-refractivity contribution is -0.117. The second-order valence-corrected chi connectivity index (χ2v) is 7.95. The Morgan fingerprint density at radius 2 is 2.00 bits per heavy atom. The van der Waals surface area contributed by atoms with E-state index in [-0.39, 0.29) is 12.5 Å². The van der Waals surface area contributed by atoms with E-state index in [9.17, 15) is 9.59 Å². The van der Waals surface area contributed by atoms with E-state index in [4.69, 9.17) is 0 Å². The topological polar surface area (TPSA) is 94.7 Å². The first-order chi connectivity index (χ1) is 13.5. The lowest BCUT2D eigenvalue weighted by Crippen LogP contribution is -2.29. The Morgan fingerprint density at radius 3 is 2.75 bits per heavy atom. The molecule has 0 unspecified atom stereocenters. The lowest BCUT2D eigenvalue weighted by atomic mass is 10.1. The summed E-state index contributed by atoms with van der Waals surface area (Å²) < 4.78 is 2.19. The van der Waals surface area contributed by atoms with Crippen LogP contribution in [0.1, 0.15) is 11.1 Å². The molecular weight excluding hydrogens is 396 g/mol. The van der Waals surface area contributed by atoms with Crippen molar-refractivity contribution in [3.63, 3.8) is 0 Å². The highest BCUT2D eigenvalue weighted by atomic mass is 32.1. The van der Waals surface area contributed by atoms with Gasteiger partial charge in [-0.3, -0.25) is 4.79 Å². The van der Waals surface area contributed by atoms with E-state index >= 15 is 0 Å². The third-order valence-corrected chi connectivity index (χ3v) is 5.80. The molecule has 28 heavy (non-hydrogen) atoms. The highest BCUT2D eigenvalue weighted by Crippen LogP contribution is 2.26. The predicted octanol–water partition coefficient (Wildman–Crippen LogP) is 2.87. The van der Waals surface area contributed by atoms with E-state index in [0.717, 1.165) is 15.9 Å². The van der Waals surface area contributed by atoms with Crippen molar-refractivity contribution in [2.75, 3.05) is 5.32 Å². The van der Waals surface area contributed by atoms with Crippen LogP contribution in [0.15, 0.2) is 45.9 Å². The number of benzene rings is 1. The van der Waals surface area contributed by atoms with Crippen molar-refractivity contribution < 1.29 is 4.79 Å². The van der Waals surface area contributed by atoms with Crippen LogP contribution in [0.4, 0.5) is 5.13 Å². The Bertz CT molecular complexity index is 1190. The molecule has 0 bridgehead atoms. The number of carbonyl (C=O) groups excluding carboxylic acids is 1. The predicted molar refractivity (Wildman–Crippen MR) is 109 cm³/mol. The summed E-state index contributed by atoms with van der Waals surface area (Å²) in [6.45, 7) is 3.88. The monoisotopic (exact) mass is 412 g/mol. The van der Waals surface area contributed by atoms with Crippen LogP contribution >= 0.6 is 22.7 Å². The van der Waals surface area contributed by atoms with E-state index in [1.54, 1.807) is 6.07 Å². The van der Waals surface area contributed by atoms with E-state index in [1.165, 1.54) is 38.5 Å². The van der Waals surface area contributed by atoms with Crippen molar-refractivity contribution in [3.8, 4) is 16.3 Å². The van der Waals surface area contributed by atoms with Gasteiger partial charge in [0.15, 0.2) is 5.13 Å². The van der Waals surface area contributed by atoms with Crippen molar-refractivity contribution in [1.29, 1.82) is 0 Å². The van der Waals surface area contributed by atoms with Gasteiger partial charge in [0.1, 0.15) is 11.5 Å². The molecule has 0 fully saturated rings. The Kier molecular flexibility index (Phi) is 4.88. The standard InChI is InChI=1S/C18H16N6O2S2/c1-11-5-6-13(8-12(11)2)14-10-28-17(19-14)20-15(25)9-23-18(26)24(22-21-23)16-4-3-7-27-16/h3-8,10H,9H2,1-2H3,(H,19,20,25). The van der Waals surface area contributed by atoms with Gasteiger partial charge in [0.05, 0.1) is 5.69 Å². The van der Waals surface area contributed by atoms with Crippen LogP contribution in [0.2, 0.25) is 0 Å². The van der Waals surface area contributed by atoms with Crippen LogP contribution < -0.4 is 11.0 Å². The van der Waals surface area contributed by atoms with Crippen LogP contribution in [0, 0.1) is 13.8 Å². The molecule has 0 spiro atoms. The number of aromatic nitrogens is 5. The molecular formula is C18H16N6O2S2. The van der Waals surface area contributed by atoms with E-state index in [2.05, 4.69) is 40.6 Å². The number of nitrogens with zero attached hydrogens (tertiary/aromatic N) is 5. The Hall–Kier alpha value is -3.11. The molecule has 3 aromatic heterocycles. The Labute approximate surface area is 168 Å². The van der Waals surface area contributed by atoms with Crippen LogP contribution in [0.25, 0.3) is 16.3 Å². The number of tetrazole rings is 1. The number of hydrogen-bond donors (Lipinski definition) is 1. The number of rotatable bonds is 5. The smallest absolute Gasteiger partial charge is 0.300 e. The molecule has 10 heteroatoms. The Balaban J connectivity index is 1.46. The van der Waals surface area contributed by atoms with Crippen LogP contribution in [0.3, 0.4) is 0 Å². The second kappa shape index (κ2) is 7.49. The van der Waals surface area contributed by atoms with Gasteiger partial charge in [0, 0.05) is 10.9 Å². The maximum absolute atomic E-state index is 12.3.